The molecule has 1 aromatic heterocycles. The summed E-state index contributed by atoms with van der Waals surface area (Å²) >= 11 is 0. The lowest BCUT2D eigenvalue weighted by molar-refractivity contribution is 0.354. The first-order chi connectivity index (χ1) is 14.0. The SMILES string of the molecule is CCNC(=NCc1ccc(OC)c(OC)c1)NCCNS(=O)(=O)c1cccnc1. The molecule has 158 valence electrons. The van der Waals surface area contributed by atoms with E-state index in [2.05, 4.69) is 25.3 Å². The first kappa shape index (κ1) is 22.4. The van der Waals surface area contributed by atoms with Crippen LogP contribution in [0.1, 0.15) is 12.5 Å². The summed E-state index contributed by atoms with van der Waals surface area (Å²) in [5.41, 5.74) is 0.956. The van der Waals surface area contributed by atoms with Gasteiger partial charge in [-0.15, -0.1) is 0 Å². The number of nitrogens with one attached hydrogen (secondary N) is 3. The van der Waals surface area contributed by atoms with Crippen molar-refractivity contribution in [3.63, 3.8) is 0 Å². The Kier molecular flexibility index (Phi) is 8.68. The molecule has 0 atom stereocenters. The monoisotopic (exact) mass is 421 g/mol. The lowest BCUT2D eigenvalue weighted by Gasteiger charge is -2.13. The Morgan fingerprint density at radius 3 is 2.55 bits per heavy atom. The number of rotatable bonds is 10. The van der Waals surface area contributed by atoms with Crippen molar-refractivity contribution in [2.75, 3.05) is 33.9 Å². The van der Waals surface area contributed by atoms with Crippen LogP contribution in [0.25, 0.3) is 0 Å². The molecule has 0 saturated heterocycles. The standard InChI is InChI=1S/C19H27N5O4S/c1-4-21-19(23-13-15-7-8-17(27-2)18(12-15)28-3)22-10-11-24-29(25,26)16-6-5-9-20-14-16/h5-9,12,14,24H,4,10-11,13H2,1-3H3,(H2,21,22,23). The van der Waals surface area contributed by atoms with Crippen LogP contribution in [0.2, 0.25) is 0 Å². The minimum atomic E-state index is -3.58. The van der Waals surface area contributed by atoms with Gasteiger partial charge in [-0.25, -0.2) is 18.1 Å². The lowest BCUT2D eigenvalue weighted by Crippen LogP contribution is -2.41. The van der Waals surface area contributed by atoms with E-state index in [4.69, 9.17) is 9.47 Å². The maximum absolute atomic E-state index is 12.2. The molecule has 0 amide bonds. The van der Waals surface area contributed by atoms with Crippen LogP contribution in [0.5, 0.6) is 11.5 Å². The summed E-state index contributed by atoms with van der Waals surface area (Å²) in [6.45, 7) is 3.64. The average Bonchev–Trinajstić information content (AvgIpc) is 2.75. The highest BCUT2D eigenvalue weighted by Crippen LogP contribution is 2.27. The first-order valence-electron chi connectivity index (χ1n) is 9.13. The van der Waals surface area contributed by atoms with Crippen molar-refractivity contribution in [3.8, 4) is 11.5 Å². The van der Waals surface area contributed by atoms with Gasteiger partial charge in [0.25, 0.3) is 0 Å². The Hall–Kier alpha value is -2.85. The summed E-state index contributed by atoms with van der Waals surface area (Å²) in [5.74, 6) is 1.89. The molecule has 2 aromatic rings. The topological polar surface area (TPSA) is 114 Å². The number of pyridine rings is 1. The zero-order valence-electron chi connectivity index (χ0n) is 16.8. The molecule has 29 heavy (non-hydrogen) atoms. The van der Waals surface area contributed by atoms with Gasteiger partial charge in [-0.05, 0) is 36.8 Å². The second kappa shape index (κ2) is 11.2. The van der Waals surface area contributed by atoms with E-state index in [1.807, 2.05) is 25.1 Å². The quantitative estimate of drug-likeness (QED) is 0.299. The number of guanidine groups is 1. The van der Waals surface area contributed by atoms with Crippen molar-refractivity contribution in [2.24, 2.45) is 4.99 Å². The minimum absolute atomic E-state index is 0.133. The molecule has 0 saturated carbocycles. The maximum atomic E-state index is 12.2. The number of ether oxygens (including phenoxy) is 2. The van der Waals surface area contributed by atoms with Gasteiger partial charge in [0.05, 0.1) is 20.8 Å². The van der Waals surface area contributed by atoms with Gasteiger partial charge >= 0.3 is 0 Å². The molecule has 0 radical (unpaired) electrons. The third kappa shape index (κ3) is 6.91. The van der Waals surface area contributed by atoms with Crippen LogP contribution in [-0.2, 0) is 16.6 Å². The Morgan fingerprint density at radius 2 is 1.90 bits per heavy atom. The van der Waals surface area contributed by atoms with Crippen molar-refractivity contribution in [2.45, 2.75) is 18.4 Å². The Labute approximate surface area is 171 Å². The molecule has 3 N–H and O–H groups in total. The zero-order valence-corrected chi connectivity index (χ0v) is 17.6. The van der Waals surface area contributed by atoms with Gasteiger partial charge in [0, 0.05) is 32.0 Å². The van der Waals surface area contributed by atoms with Gasteiger partial charge in [-0.3, -0.25) is 4.98 Å². The van der Waals surface area contributed by atoms with Gasteiger partial charge in [0.2, 0.25) is 10.0 Å². The van der Waals surface area contributed by atoms with Crippen LogP contribution >= 0.6 is 0 Å². The van der Waals surface area contributed by atoms with Crippen LogP contribution in [0.15, 0.2) is 52.6 Å². The van der Waals surface area contributed by atoms with Crippen LogP contribution in [0.3, 0.4) is 0 Å². The van der Waals surface area contributed by atoms with E-state index in [1.165, 1.54) is 18.5 Å². The van der Waals surface area contributed by atoms with Crippen molar-refractivity contribution in [3.05, 3.63) is 48.3 Å². The van der Waals surface area contributed by atoms with Crippen LogP contribution in [0, 0.1) is 0 Å². The number of hydrogen-bond donors (Lipinski definition) is 3. The number of hydrogen-bond acceptors (Lipinski definition) is 6. The van der Waals surface area contributed by atoms with Gasteiger partial charge < -0.3 is 20.1 Å². The van der Waals surface area contributed by atoms with Crippen molar-refractivity contribution >= 4 is 16.0 Å². The smallest absolute Gasteiger partial charge is 0.242 e. The third-order valence-electron chi connectivity index (χ3n) is 3.87. The predicted octanol–water partition coefficient (Wildman–Crippen LogP) is 1.13. The third-order valence-corrected chi connectivity index (χ3v) is 5.31. The summed E-state index contributed by atoms with van der Waals surface area (Å²) in [7, 11) is -0.404. The summed E-state index contributed by atoms with van der Waals surface area (Å²) in [6.07, 6.45) is 2.84. The highest BCUT2D eigenvalue weighted by Gasteiger charge is 2.12. The first-order valence-corrected chi connectivity index (χ1v) is 10.6. The molecular weight excluding hydrogens is 394 g/mol. The molecule has 0 unspecified atom stereocenters. The highest BCUT2D eigenvalue weighted by molar-refractivity contribution is 7.89. The summed E-state index contributed by atoms with van der Waals surface area (Å²) in [6, 6.07) is 8.69. The van der Waals surface area contributed by atoms with E-state index in [0.717, 1.165) is 5.56 Å². The summed E-state index contributed by atoms with van der Waals surface area (Å²) in [5, 5.41) is 6.24. The second-order valence-corrected chi connectivity index (χ2v) is 7.66. The number of sulfonamides is 1. The van der Waals surface area contributed by atoms with Crippen LogP contribution < -0.4 is 24.8 Å². The molecule has 1 aromatic carbocycles. The van der Waals surface area contributed by atoms with E-state index >= 15 is 0 Å². The molecule has 0 aliphatic carbocycles. The Bertz CT molecular complexity index is 904. The van der Waals surface area contributed by atoms with Crippen molar-refractivity contribution in [1.82, 2.24) is 20.3 Å². The zero-order chi connectivity index (χ0) is 21.1. The molecule has 0 bridgehead atoms. The van der Waals surface area contributed by atoms with Crippen LogP contribution in [0.4, 0.5) is 0 Å². The second-order valence-electron chi connectivity index (χ2n) is 5.90. The van der Waals surface area contributed by atoms with Gasteiger partial charge in [-0.1, -0.05) is 6.07 Å². The van der Waals surface area contributed by atoms with Gasteiger partial charge in [0.1, 0.15) is 4.90 Å². The number of aliphatic imine (C=N–C) groups is 1. The summed E-state index contributed by atoms with van der Waals surface area (Å²) in [4.78, 5) is 8.48. The van der Waals surface area contributed by atoms with E-state index in [9.17, 15) is 8.42 Å². The Morgan fingerprint density at radius 1 is 1.10 bits per heavy atom. The molecule has 0 spiro atoms. The minimum Gasteiger partial charge on any atom is -0.493 e. The fourth-order valence-electron chi connectivity index (χ4n) is 2.45. The summed E-state index contributed by atoms with van der Waals surface area (Å²) < 4.78 is 37.4. The number of aromatic nitrogens is 1. The predicted molar refractivity (Wildman–Crippen MR) is 112 cm³/mol. The van der Waals surface area contributed by atoms with Crippen molar-refractivity contribution < 1.29 is 17.9 Å². The molecule has 9 nitrogen and oxygen atoms in total. The highest BCUT2D eigenvalue weighted by atomic mass is 32.2. The normalized spacial score (nSPS) is 11.8. The van der Waals surface area contributed by atoms with Gasteiger partial charge in [0.15, 0.2) is 17.5 Å². The van der Waals surface area contributed by atoms with E-state index in [0.29, 0.717) is 37.1 Å². The molecular formula is C19H27N5O4S. The van der Waals surface area contributed by atoms with E-state index in [1.54, 1.807) is 20.3 Å². The fraction of sp³-hybridized carbons (Fsp3) is 0.368. The largest absolute Gasteiger partial charge is 0.493 e. The van der Waals surface area contributed by atoms with Crippen LogP contribution in [-0.4, -0.2) is 53.2 Å². The fourth-order valence-corrected chi connectivity index (χ4v) is 3.44. The van der Waals surface area contributed by atoms with E-state index < -0.39 is 10.0 Å². The molecule has 1 heterocycles. The van der Waals surface area contributed by atoms with Gasteiger partial charge in [-0.2, -0.15) is 0 Å². The molecule has 0 aliphatic rings. The average molecular weight is 422 g/mol. The molecule has 10 heteroatoms. The number of nitrogens with zero attached hydrogens (tertiary/aromatic N) is 2. The number of methoxy groups -OCH3 is 2. The number of benzene rings is 1. The lowest BCUT2D eigenvalue weighted by atomic mass is 10.2. The molecule has 0 fully saturated rings. The molecule has 2 rings (SSSR count). The molecule has 0 aliphatic heterocycles. The van der Waals surface area contributed by atoms with E-state index in [-0.39, 0.29) is 11.4 Å². The Balaban J connectivity index is 1.91. The maximum Gasteiger partial charge on any atom is 0.242 e. The van der Waals surface area contributed by atoms with Crippen molar-refractivity contribution in [1.29, 1.82) is 0 Å².